The summed E-state index contributed by atoms with van der Waals surface area (Å²) in [6, 6.07) is 13.7. The molecule has 1 aliphatic rings. The van der Waals surface area contributed by atoms with Gasteiger partial charge in [-0.1, -0.05) is 42.5 Å². The summed E-state index contributed by atoms with van der Waals surface area (Å²) >= 11 is 0. The summed E-state index contributed by atoms with van der Waals surface area (Å²) in [5.74, 6) is -0.942. The van der Waals surface area contributed by atoms with Crippen molar-refractivity contribution in [3.8, 4) is 5.75 Å². The van der Waals surface area contributed by atoms with Gasteiger partial charge in [-0.3, -0.25) is 19.8 Å². The number of para-hydroxylation sites is 1. The third-order valence-corrected chi connectivity index (χ3v) is 6.16. The molecular weight excluding hydrogens is 420 g/mol. The molecule has 0 unspecified atom stereocenters. The van der Waals surface area contributed by atoms with Crippen LogP contribution in [0.3, 0.4) is 0 Å². The number of ether oxygens (including phenoxy) is 1. The monoisotopic (exact) mass is 450 g/mol. The number of phenolic OH excluding ortho intramolecular Hbond substituents is 1. The molecule has 174 valence electrons. The van der Waals surface area contributed by atoms with Gasteiger partial charge in [0.15, 0.2) is 0 Å². The second-order valence-electron chi connectivity index (χ2n) is 8.35. The molecule has 0 saturated carbocycles. The molecule has 3 aromatic rings. The van der Waals surface area contributed by atoms with E-state index in [-0.39, 0.29) is 5.75 Å². The molecule has 4 rings (SSSR count). The van der Waals surface area contributed by atoms with Gasteiger partial charge in [0.2, 0.25) is 5.91 Å². The topological polar surface area (TPSA) is 110 Å². The summed E-state index contributed by atoms with van der Waals surface area (Å²) in [5, 5.41) is 13.6. The van der Waals surface area contributed by atoms with Gasteiger partial charge in [0.25, 0.3) is 5.91 Å². The van der Waals surface area contributed by atoms with E-state index in [9.17, 15) is 14.7 Å². The molecule has 1 aliphatic heterocycles. The highest BCUT2D eigenvalue weighted by atomic mass is 16.5. The van der Waals surface area contributed by atoms with Crippen molar-refractivity contribution in [2.75, 3.05) is 32.8 Å². The molecular formula is C25H30N4O4. The number of carbonyl (C=O) groups is 2. The molecule has 8 nitrogen and oxygen atoms in total. The molecule has 2 heterocycles. The van der Waals surface area contributed by atoms with E-state index in [1.54, 1.807) is 18.2 Å². The van der Waals surface area contributed by atoms with E-state index in [4.69, 9.17) is 10.5 Å². The van der Waals surface area contributed by atoms with Gasteiger partial charge in [0, 0.05) is 37.3 Å². The molecule has 0 spiro atoms. The number of morpholine rings is 1. The average Bonchev–Trinajstić information content (AvgIpc) is 3.11. The first kappa shape index (κ1) is 23.0. The Labute approximate surface area is 192 Å². The molecule has 1 aromatic heterocycles. The summed E-state index contributed by atoms with van der Waals surface area (Å²) < 4.78 is 7.36. The molecule has 0 aliphatic carbocycles. The van der Waals surface area contributed by atoms with Crippen LogP contribution in [-0.2, 0) is 22.5 Å². The van der Waals surface area contributed by atoms with Crippen LogP contribution in [0.25, 0.3) is 10.9 Å². The zero-order chi connectivity index (χ0) is 23.4. The minimum absolute atomic E-state index is 0.101. The van der Waals surface area contributed by atoms with Crippen molar-refractivity contribution in [1.29, 1.82) is 0 Å². The second-order valence-corrected chi connectivity index (χ2v) is 8.35. The predicted molar refractivity (Wildman–Crippen MR) is 126 cm³/mol. The van der Waals surface area contributed by atoms with Crippen LogP contribution >= 0.6 is 0 Å². The number of nitrogens with zero attached hydrogens (tertiary/aromatic N) is 2. The predicted octanol–water partition coefficient (Wildman–Crippen LogP) is 1.81. The lowest BCUT2D eigenvalue weighted by Gasteiger charge is -2.27. The molecule has 1 atom stereocenters. The molecule has 0 bridgehead atoms. The van der Waals surface area contributed by atoms with E-state index >= 15 is 0 Å². The Morgan fingerprint density at radius 2 is 1.82 bits per heavy atom. The first-order chi connectivity index (χ1) is 16.0. The van der Waals surface area contributed by atoms with Gasteiger partial charge in [-0.25, -0.2) is 0 Å². The Bertz CT molecular complexity index is 1140. The number of aromatic hydroxyl groups is 1. The van der Waals surface area contributed by atoms with E-state index in [0.717, 1.165) is 25.2 Å². The van der Waals surface area contributed by atoms with Crippen molar-refractivity contribution in [2.24, 2.45) is 5.73 Å². The largest absolute Gasteiger partial charge is 0.506 e. The number of phenols is 1. The number of rotatable bonds is 7. The first-order valence-electron chi connectivity index (χ1n) is 11.2. The highest BCUT2D eigenvalue weighted by molar-refractivity contribution is 6.14. The van der Waals surface area contributed by atoms with Crippen molar-refractivity contribution in [2.45, 2.75) is 25.9 Å². The summed E-state index contributed by atoms with van der Waals surface area (Å²) in [6.07, 6.45) is 0.334. The molecule has 2 aromatic carbocycles. The number of aromatic nitrogens is 1. The molecule has 2 amide bonds. The molecule has 33 heavy (non-hydrogen) atoms. The lowest BCUT2D eigenvalue weighted by Crippen LogP contribution is -2.44. The number of amides is 2. The van der Waals surface area contributed by atoms with Crippen LogP contribution in [0.1, 0.15) is 21.6 Å². The third-order valence-electron chi connectivity index (χ3n) is 6.16. The van der Waals surface area contributed by atoms with Gasteiger partial charge >= 0.3 is 0 Å². The number of carbonyl (C=O) groups excluding carboxylic acids is 2. The maximum Gasteiger partial charge on any atom is 0.260 e. The SMILES string of the molecule is Cc1c(C(=O)NC(=O)[C@@H](N)Cc2ccccc2)c2cccc(O)c2n1CCN1CCOCC1. The van der Waals surface area contributed by atoms with Crippen LogP contribution in [0.15, 0.2) is 48.5 Å². The quantitative estimate of drug-likeness (QED) is 0.507. The zero-order valence-corrected chi connectivity index (χ0v) is 18.8. The van der Waals surface area contributed by atoms with Crippen molar-refractivity contribution < 1.29 is 19.4 Å². The third kappa shape index (κ3) is 5.08. The molecule has 1 saturated heterocycles. The summed E-state index contributed by atoms with van der Waals surface area (Å²) in [7, 11) is 0. The number of hydrogen-bond donors (Lipinski definition) is 3. The second kappa shape index (κ2) is 10.2. The minimum Gasteiger partial charge on any atom is -0.506 e. The number of nitrogens with one attached hydrogen (secondary N) is 1. The average molecular weight is 451 g/mol. The van der Waals surface area contributed by atoms with Crippen LogP contribution < -0.4 is 11.1 Å². The zero-order valence-electron chi connectivity index (χ0n) is 18.8. The van der Waals surface area contributed by atoms with Gasteiger partial charge in [0.05, 0.1) is 30.3 Å². The summed E-state index contributed by atoms with van der Waals surface area (Å²) in [5.41, 5.74) is 8.65. The number of nitrogens with two attached hydrogens (primary N) is 1. The van der Waals surface area contributed by atoms with Gasteiger partial charge in [-0.2, -0.15) is 0 Å². The van der Waals surface area contributed by atoms with Crippen molar-refractivity contribution in [3.05, 3.63) is 65.4 Å². The van der Waals surface area contributed by atoms with Crippen LogP contribution in [-0.4, -0.2) is 65.3 Å². The van der Waals surface area contributed by atoms with E-state index in [2.05, 4.69) is 10.2 Å². The number of imide groups is 1. The molecule has 0 radical (unpaired) electrons. The maximum atomic E-state index is 13.2. The number of benzene rings is 2. The first-order valence-corrected chi connectivity index (χ1v) is 11.2. The van der Waals surface area contributed by atoms with Gasteiger partial charge in [-0.15, -0.1) is 0 Å². The Morgan fingerprint density at radius 3 is 2.55 bits per heavy atom. The van der Waals surface area contributed by atoms with E-state index in [0.29, 0.717) is 48.3 Å². The summed E-state index contributed by atoms with van der Waals surface area (Å²) in [4.78, 5) is 28.1. The molecule has 1 fully saturated rings. The van der Waals surface area contributed by atoms with Crippen LogP contribution in [0.2, 0.25) is 0 Å². The fraction of sp³-hybridized carbons (Fsp3) is 0.360. The fourth-order valence-electron chi connectivity index (χ4n) is 4.37. The van der Waals surface area contributed by atoms with E-state index in [1.165, 1.54) is 0 Å². The Balaban J connectivity index is 1.55. The van der Waals surface area contributed by atoms with Crippen molar-refractivity contribution in [3.63, 3.8) is 0 Å². The Kier molecular flexibility index (Phi) is 7.08. The maximum absolute atomic E-state index is 13.2. The lowest BCUT2D eigenvalue weighted by molar-refractivity contribution is -0.121. The number of fused-ring (bicyclic) bond motifs is 1. The van der Waals surface area contributed by atoms with Crippen LogP contribution in [0.4, 0.5) is 0 Å². The highest BCUT2D eigenvalue weighted by Gasteiger charge is 2.25. The van der Waals surface area contributed by atoms with Crippen LogP contribution in [0, 0.1) is 6.92 Å². The fourth-order valence-corrected chi connectivity index (χ4v) is 4.37. The van der Waals surface area contributed by atoms with Crippen molar-refractivity contribution in [1.82, 2.24) is 14.8 Å². The van der Waals surface area contributed by atoms with Gasteiger partial charge in [0.1, 0.15) is 5.75 Å². The summed E-state index contributed by atoms with van der Waals surface area (Å²) in [6.45, 7) is 6.32. The Hall–Kier alpha value is -3.20. The van der Waals surface area contributed by atoms with Crippen molar-refractivity contribution >= 4 is 22.7 Å². The standard InChI is InChI=1S/C25H30N4O4/c1-17-22(25(32)27-24(31)20(26)16-18-6-3-2-4-7-18)19-8-5-9-21(30)23(19)29(17)11-10-28-12-14-33-15-13-28/h2-9,20,30H,10-16,26H2,1H3,(H,27,31,32)/t20-/m0/s1. The van der Waals surface area contributed by atoms with Gasteiger partial charge < -0.3 is 20.1 Å². The van der Waals surface area contributed by atoms with E-state index < -0.39 is 17.9 Å². The molecule has 8 heteroatoms. The minimum atomic E-state index is -0.847. The number of hydrogen-bond acceptors (Lipinski definition) is 6. The highest BCUT2D eigenvalue weighted by Crippen LogP contribution is 2.32. The van der Waals surface area contributed by atoms with E-state index in [1.807, 2.05) is 41.8 Å². The van der Waals surface area contributed by atoms with Crippen LogP contribution in [0.5, 0.6) is 5.75 Å². The molecule has 4 N–H and O–H groups in total. The normalized spacial score (nSPS) is 15.5. The smallest absolute Gasteiger partial charge is 0.260 e. The van der Waals surface area contributed by atoms with Gasteiger partial charge in [-0.05, 0) is 25.0 Å². The Morgan fingerprint density at radius 1 is 1.09 bits per heavy atom. The lowest BCUT2D eigenvalue weighted by atomic mass is 10.1.